The quantitative estimate of drug-likeness (QED) is 0.479. The minimum atomic E-state index is -0.669. The van der Waals surface area contributed by atoms with Gasteiger partial charge in [0.15, 0.2) is 22.5 Å². The van der Waals surface area contributed by atoms with E-state index in [-0.39, 0.29) is 24.2 Å². The number of hydrogen-bond donors (Lipinski definition) is 0. The molecule has 1 saturated heterocycles. The second kappa shape index (κ2) is 10.3. The van der Waals surface area contributed by atoms with Gasteiger partial charge in [0.05, 0.1) is 5.75 Å². The van der Waals surface area contributed by atoms with Crippen molar-refractivity contribution < 1.29 is 19.1 Å². The molecule has 2 aliphatic heterocycles. The topological polar surface area (TPSA) is 103 Å². The van der Waals surface area contributed by atoms with Gasteiger partial charge in [-0.15, -0.1) is 10.2 Å². The maximum absolute atomic E-state index is 12.9. The lowest BCUT2D eigenvalue weighted by atomic mass is 10.2. The summed E-state index contributed by atoms with van der Waals surface area (Å²) >= 11 is 1.38. The highest BCUT2D eigenvalue weighted by atomic mass is 32.2. The van der Waals surface area contributed by atoms with Gasteiger partial charge in [0.25, 0.3) is 5.91 Å². The van der Waals surface area contributed by atoms with Gasteiger partial charge in [0, 0.05) is 50.7 Å². The van der Waals surface area contributed by atoms with Crippen LogP contribution in [0, 0.1) is 0 Å². The minimum absolute atomic E-state index is 0.0180. The van der Waals surface area contributed by atoms with Gasteiger partial charge in [-0.1, -0.05) is 23.9 Å². The number of aromatic nitrogens is 4. The van der Waals surface area contributed by atoms with Crippen molar-refractivity contribution in [2.75, 3.05) is 38.5 Å². The summed E-state index contributed by atoms with van der Waals surface area (Å²) in [6, 6.07) is 11.1. The van der Waals surface area contributed by atoms with Crippen LogP contribution in [-0.2, 0) is 16.1 Å². The van der Waals surface area contributed by atoms with Crippen LogP contribution in [-0.4, -0.2) is 86.0 Å². The van der Waals surface area contributed by atoms with E-state index in [1.54, 1.807) is 28.3 Å². The molecule has 2 amide bonds. The van der Waals surface area contributed by atoms with Gasteiger partial charge >= 0.3 is 0 Å². The number of nitrogens with zero attached hydrogens (tertiary/aromatic N) is 6. The molecule has 1 atom stereocenters. The first kappa shape index (κ1) is 23.2. The number of rotatable bonds is 6. The van der Waals surface area contributed by atoms with Crippen molar-refractivity contribution in [3.63, 3.8) is 0 Å². The molecule has 0 N–H and O–H groups in total. The van der Waals surface area contributed by atoms with Crippen molar-refractivity contribution >= 4 is 23.6 Å². The van der Waals surface area contributed by atoms with Crippen LogP contribution in [0.2, 0.25) is 0 Å². The highest BCUT2D eigenvalue weighted by molar-refractivity contribution is 7.99. The highest BCUT2D eigenvalue weighted by Crippen LogP contribution is 2.31. The number of para-hydroxylation sites is 2. The lowest BCUT2D eigenvalue weighted by molar-refractivity contribution is -0.145. The third kappa shape index (κ3) is 4.95. The standard InChI is InChI=1S/C24H26N6O4S/c1-2-30-22(17-7-9-25-10-8-17)26-27-24(30)35-16-21(31)28-11-13-29(14-12-28)23(32)20-15-33-18-5-3-4-6-19(18)34-20/h3-10,20H,2,11-16H2,1H3. The van der Waals surface area contributed by atoms with Crippen LogP contribution < -0.4 is 9.47 Å². The molecule has 1 unspecified atom stereocenters. The molecule has 182 valence electrons. The Hall–Kier alpha value is -3.60. The van der Waals surface area contributed by atoms with Gasteiger partial charge in [-0.3, -0.25) is 14.6 Å². The molecule has 3 aromatic rings. The third-order valence-corrected chi connectivity index (χ3v) is 6.98. The number of thioether (sulfide) groups is 1. The fraction of sp³-hybridized carbons (Fsp3) is 0.375. The SMILES string of the molecule is CCn1c(SCC(=O)N2CCN(C(=O)C3COc4ccccc4O3)CC2)nnc1-c1ccncc1. The molecule has 11 heteroatoms. The lowest BCUT2D eigenvalue weighted by Gasteiger charge is -2.37. The van der Waals surface area contributed by atoms with Crippen LogP contribution in [0.1, 0.15) is 6.92 Å². The first-order chi connectivity index (χ1) is 17.1. The number of ether oxygens (including phenoxy) is 2. The molecular weight excluding hydrogens is 468 g/mol. The lowest BCUT2D eigenvalue weighted by Crippen LogP contribution is -2.55. The van der Waals surface area contributed by atoms with Crippen molar-refractivity contribution in [2.24, 2.45) is 0 Å². The number of amides is 2. The Morgan fingerprint density at radius 3 is 2.46 bits per heavy atom. The van der Waals surface area contributed by atoms with E-state index in [0.29, 0.717) is 49.4 Å². The molecule has 1 aromatic carbocycles. The molecule has 0 aliphatic carbocycles. The highest BCUT2D eigenvalue weighted by Gasteiger charge is 2.33. The molecule has 0 radical (unpaired) electrons. The molecule has 5 rings (SSSR count). The predicted molar refractivity (Wildman–Crippen MR) is 129 cm³/mol. The summed E-state index contributed by atoms with van der Waals surface area (Å²) < 4.78 is 13.5. The maximum atomic E-state index is 12.9. The van der Waals surface area contributed by atoms with E-state index in [9.17, 15) is 9.59 Å². The van der Waals surface area contributed by atoms with Crippen LogP contribution in [0.3, 0.4) is 0 Å². The van der Waals surface area contributed by atoms with Crippen LogP contribution in [0.15, 0.2) is 53.9 Å². The van der Waals surface area contributed by atoms with Gasteiger partial charge in [0.2, 0.25) is 12.0 Å². The number of pyridine rings is 1. The number of carbonyl (C=O) groups excluding carboxylic acids is 2. The largest absolute Gasteiger partial charge is 0.485 e. The molecule has 0 saturated carbocycles. The predicted octanol–water partition coefficient (Wildman–Crippen LogP) is 1.96. The normalized spacial score (nSPS) is 17.3. The molecule has 2 aromatic heterocycles. The molecule has 10 nitrogen and oxygen atoms in total. The molecule has 1 fully saturated rings. The third-order valence-electron chi connectivity index (χ3n) is 6.02. The fourth-order valence-corrected chi connectivity index (χ4v) is 5.04. The summed E-state index contributed by atoms with van der Waals surface area (Å²) in [5, 5.41) is 9.30. The Bertz CT molecular complexity index is 1200. The van der Waals surface area contributed by atoms with Gasteiger partial charge in [0.1, 0.15) is 6.61 Å². The van der Waals surface area contributed by atoms with E-state index in [4.69, 9.17) is 9.47 Å². The summed E-state index contributed by atoms with van der Waals surface area (Å²) in [5.41, 5.74) is 0.934. The van der Waals surface area contributed by atoms with E-state index in [0.717, 1.165) is 11.4 Å². The second-order valence-corrected chi connectivity index (χ2v) is 9.09. The smallest absolute Gasteiger partial charge is 0.267 e. The Labute approximate surface area is 207 Å². The first-order valence-corrected chi connectivity index (χ1v) is 12.5. The second-order valence-electron chi connectivity index (χ2n) is 8.15. The number of fused-ring (bicyclic) bond motifs is 1. The molecule has 0 bridgehead atoms. The average molecular weight is 495 g/mol. The van der Waals surface area contributed by atoms with Crippen molar-refractivity contribution in [3.8, 4) is 22.9 Å². The molecular formula is C24H26N6O4S. The molecule has 0 spiro atoms. The Morgan fingerprint density at radius 2 is 1.71 bits per heavy atom. The van der Waals surface area contributed by atoms with Gasteiger partial charge in [-0.25, -0.2) is 0 Å². The van der Waals surface area contributed by atoms with Gasteiger partial charge < -0.3 is 23.8 Å². The van der Waals surface area contributed by atoms with Gasteiger partial charge in [-0.05, 0) is 31.2 Å². The van der Waals surface area contributed by atoms with Gasteiger partial charge in [-0.2, -0.15) is 0 Å². The summed E-state index contributed by atoms with van der Waals surface area (Å²) in [6.07, 6.45) is 2.77. The average Bonchev–Trinajstić information content (AvgIpc) is 3.34. The molecule has 35 heavy (non-hydrogen) atoms. The zero-order valence-electron chi connectivity index (χ0n) is 19.4. The number of carbonyl (C=O) groups is 2. The van der Waals surface area contributed by atoms with E-state index < -0.39 is 6.10 Å². The Morgan fingerprint density at radius 1 is 1.00 bits per heavy atom. The Balaban J connectivity index is 1.13. The van der Waals surface area contributed by atoms with Crippen LogP contribution >= 0.6 is 11.8 Å². The van der Waals surface area contributed by atoms with E-state index in [1.807, 2.05) is 41.8 Å². The van der Waals surface area contributed by atoms with E-state index >= 15 is 0 Å². The van der Waals surface area contributed by atoms with E-state index in [1.165, 1.54) is 11.8 Å². The maximum Gasteiger partial charge on any atom is 0.267 e. The monoisotopic (exact) mass is 494 g/mol. The Kier molecular flexibility index (Phi) is 6.84. The molecule has 4 heterocycles. The number of benzene rings is 1. The van der Waals surface area contributed by atoms with Crippen LogP contribution in [0.5, 0.6) is 11.5 Å². The summed E-state index contributed by atoms with van der Waals surface area (Å²) in [4.78, 5) is 33.4. The number of hydrogen-bond acceptors (Lipinski definition) is 8. The summed E-state index contributed by atoms with van der Waals surface area (Å²) in [6.45, 7) is 4.80. The van der Waals surface area contributed by atoms with Crippen molar-refractivity contribution in [2.45, 2.75) is 24.7 Å². The summed E-state index contributed by atoms with van der Waals surface area (Å²) in [7, 11) is 0. The van der Waals surface area contributed by atoms with Crippen LogP contribution in [0.4, 0.5) is 0 Å². The van der Waals surface area contributed by atoms with E-state index in [2.05, 4.69) is 15.2 Å². The zero-order chi connectivity index (χ0) is 24.2. The number of piperazine rings is 1. The van der Waals surface area contributed by atoms with Crippen molar-refractivity contribution in [1.29, 1.82) is 0 Å². The first-order valence-electron chi connectivity index (χ1n) is 11.6. The molecule has 2 aliphatic rings. The summed E-state index contributed by atoms with van der Waals surface area (Å²) in [5.74, 6) is 2.16. The minimum Gasteiger partial charge on any atom is -0.485 e. The van der Waals surface area contributed by atoms with Crippen LogP contribution in [0.25, 0.3) is 11.4 Å². The van der Waals surface area contributed by atoms with Crippen molar-refractivity contribution in [1.82, 2.24) is 29.5 Å². The van der Waals surface area contributed by atoms with Crippen molar-refractivity contribution in [3.05, 3.63) is 48.8 Å². The zero-order valence-corrected chi connectivity index (χ0v) is 20.2. The fourth-order valence-electron chi connectivity index (χ4n) is 4.13.